The summed E-state index contributed by atoms with van der Waals surface area (Å²) < 4.78 is 6.42. The summed E-state index contributed by atoms with van der Waals surface area (Å²) in [7, 11) is 0. The lowest BCUT2D eigenvalue weighted by Crippen LogP contribution is -2.59. The Morgan fingerprint density at radius 1 is 1.25 bits per heavy atom. The van der Waals surface area contributed by atoms with Gasteiger partial charge in [0.15, 0.2) is 0 Å². The highest BCUT2D eigenvalue weighted by Gasteiger charge is 2.44. The highest BCUT2D eigenvalue weighted by molar-refractivity contribution is 4.97. The Morgan fingerprint density at radius 2 is 2.00 bits per heavy atom. The molecule has 16 heavy (non-hydrogen) atoms. The van der Waals surface area contributed by atoms with Gasteiger partial charge in [-0.05, 0) is 44.9 Å². The number of nitrogens with one attached hydrogen (secondary N) is 1. The van der Waals surface area contributed by atoms with E-state index in [1.807, 2.05) is 0 Å². The molecule has 2 aliphatic rings. The first-order valence-corrected chi connectivity index (χ1v) is 6.83. The topological polar surface area (TPSA) is 21.3 Å². The molecule has 1 aliphatic heterocycles. The molecule has 0 aromatic rings. The van der Waals surface area contributed by atoms with E-state index in [0.29, 0.717) is 0 Å². The third kappa shape index (κ3) is 2.60. The Bertz CT molecular complexity index is 245. The van der Waals surface area contributed by atoms with Gasteiger partial charge in [-0.2, -0.15) is 0 Å². The van der Waals surface area contributed by atoms with Crippen LogP contribution in [0.2, 0.25) is 0 Å². The largest absolute Gasteiger partial charge is 0.366 e. The summed E-state index contributed by atoms with van der Waals surface area (Å²) in [5.41, 5.74) is 0.145. The van der Waals surface area contributed by atoms with Crippen molar-refractivity contribution in [2.45, 2.75) is 64.6 Å². The second kappa shape index (κ2) is 4.30. The lowest BCUT2D eigenvalue weighted by Gasteiger charge is -2.50. The molecule has 1 N–H and O–H groups in total. The summed E-state index contributed by atoms with van der Waals surface area (Å²) in [6.45, 7) is 11.2. The molecule has 1 saturated carbocycles. The fraction of sp³-hybridized carbons (Fsp3) is 1.00. The molecule has 2 atom stereocenters. The number of rotatable bonds is 1. The first-order chi connectivity index (χ1) is 7.43. The van der Waals surface area contributed by atoms with Gasteiger partial charge < -0.3 is 10.1 Å². The Morgan fingerprint density at radius 3 is 2.62 bits per heavy atom. The molecule has 2 heteroatoms. The van der Waals surface area contributed by atoms with Gasteiger partial charge in [0.05, 0.1) is 11.2 Å². The van der Waals surface area contributed by atoms with E-state index in [-0.39, 0.29) is 11.2 Å². The zero-order chi connectivity index (χ0) is 11.8. The molecule has 2 rings (SSSR count). The second-order valence-electron chi connectivity index (χ2n) is 6.75. The molecule has 2 fully saturated rings. The van der Waals surface area contributed by atoms with E-state index in [1.54, 1.807) is 0 Å². The molecule has 0 aromatic carbocycles. The van der Waals surface area contributed by atoms with E-state index in [1.165, 1.54) is 25.7 Å². The Hall–Kier alpha value is -0.0800. The van der Waals surface area contributed by atoms with Crippen LogP contribution in [0.1, 0.15) is 53.4 Å². The molecule has 1 aliphatic carbocycles. The molecule has 94 valence electrons. The number of hydrogen-bond acceptors (Lipinski definition) is 2. The maximum atomic E-state index is 6.42. The average Bonchev–Trinajstić information content (AvgIpc) is 2.15. The molecule has 0 radical (unpaired) electrons. The van der Waals surface area contributed by atoms with Crippen LogP contribution in [0.4, 0.5) is 0 Å². The summed E-state index contributed by atoms with van der Waals surface area (Å²) in [5, 5.41) is 3.57. The standard InChI is InChI=1S/C14H27NO/c1-11(2)12-6-5-7-14(8-12)10-15-9-13(3,4)16-14/h11-12,15H,5-10H2,1-4H3. The maximum absolute atomic E-state index is 6.42. The van der Waals surface area contributed by atoms with Crippen molar-refractivity contribution in [1.29, 1.82) is 0 Å². The highest BCUT2D eigenvalue weighted by atomic mass is 16.5. The van der Waals surface area contributed by atoms with Crippen LogP contribution < -0.4 is 5.32 Å². The van der Waals surface area contributed by atoms with Crippen molar-refractivity contribution in [3.63, 3.8) is 0 Å². The molecule has 0 bridgehead atoms. The normalized spacial score (nSPS) is 39.2. The zero-order valence-electron chi connectivity index (χ0n) is 11.3. The third-order valence-electron chi connectivity index (χ3n) is 4.28. The summed E-state index contributed by atoms with van der Waals surface area (Å²) in [5.74, 6) is 1.65. The van der Waals surface area contributed by atoms with Crippen LogP contribution in [0.3, 0.4) is 0 Å². The van der Waals surface area contributed by atoms with E-state index in [4.69, 9.17) is 4.74 Å². The highest BCUT2D eigenvalue weighted by Crippen LogP contribution is 2.41. The molecule has 0 amide bonds. The quantitative estimate of drug-likeness (QED) is 0.741. The van der Waals surface area contributed by atoms with Crippen molar-refractivity contribution in [2.24, 2.45) is 11.8 Å². The molecular formula is C14H27NO. The Labute approximate surface area is 100 Å². The van der Waals surface area contributed by atoms with Crippen LogP contribution in [0.15, 0.2) is 0 Å². The molecule has 2 unspecified atom stereocenters. The predicted octanol–water partition coefficient (Wildman–Crippen LogP) is 2.97. The van der Waals surface area contributed by atoms with E-state index < -0.39 is 0 Å². The second-order valence-corrected chi connectivity index (χ2v) is 6.75. The van der Waals surface area contributed by atoms with E-state index in [9.17, 15) is 0 Å². The molecule has 1 saturated heterocycles. The van der Waals surface area contributed by atoms with Gasteiger partial charge in [0.1, 0.15) is 0 Å². The van der Waals surface area contributed by atoms with Crippen molar-refractivity contribution in [3.05, 3.63) is 0 Å². The van der Waals surface area contributed by atoms with Gasteiger partial charge in [-0.15, -0.1) is 0 Å². The maximum Gasteiger partial charge on any atom is 0.0816 e. The minimum Gasteiger partial charge on any atom is -0.366 e. The van der Waals surface area contributed by atoms with Crippen LogP contribution in [0.5, 0.6) is 0 Å². The van der Waals surface area contributed by atoms with Gasteiger partial charge in [0.2, 0.25) is 0 Å². The van der Waals surface area contributed by atoms with Crippen molar-refractivity contribution in [1.82, 2.24) is 5.32 Å². The lowest BCUT2D eigenvalue weighted by atomic mass is 9.72. The van der Waals surface area contributed by atoms with Gasteiger partial charge in [-0.3, -0.25) is 0 Å². The fourth-order valence-corrected chi connectivity index (χ4v) is 3.44. The van der Waals surface area contributed by atoms with Crippen LogP contribution in [0.25, 0.3) is 0 Å². The van der Waals surface area contributed by atoms with Crippen LogP contribution in [-0.2, 0) is 4.74 Å². The van der Waals surface area contributed by atoms with Gasteiger partial charge >= 0.3 is 0 Å². The fourth-order valence-electron chi connectivity index (χ4n) is 3.44. The zero-order valence-corrected chi connectivity index (χ0v) is 11.3. The number of hydrogen-bond donors (Lipinski definition) is 1. The lowest BCUT2D eigenvalue weighted by molar-refractivity contribution is -0.184. The van der Waals surface area contributed by atoms with Crippen molar-refractivity contribution in [3.8, 4) is 0 Å². The van der Waals surface area contributed by atoms with Gasteiger partial charge in [-0.1, -0.05) is 20.3 Å². The van der Waals surface area contributed by atoms with Crippen LogP contribution in [0, 0.1) is 11.8 Å². The SMILES string of the molecule is CC(C)C1CCCC2(CNCC(C)(C)O2)C1. The van der Waals surface area contributed by atoms with Gasteiger partial charge in [0, 0.05) is 13.1 Å². The van der Waals surface area contributed by atoms with E-state index in [0.717, 1.165) is 24.9 Å². The molecule has 1 spiro atoms. The molecule has 1 heterocycles. The molecule has 2 nitrogen and oxygen atoms in total. The summed E-state index contributed by atoms with van der Waals surface area (Å²) in [6.07, 6.45) is 5.22. The average molecular weight is 225 g/mol. The minimum atomic E-state index is 0.0110. The summed E-state index contributed by atoms with van der Waals surface area (Å²) in [6, 6.07) is 0. The number of morpholine rings is 1. The number of ether oxygens (including phenoxy) is 1. The van der Waals surface area contributed by atoms with Gasteiger partial charge in [-0.25, -0.2) is 0 Å². The predicted molar refractivity (Wildman–Crippen MR) is 67.6 cm³/mol. The smallest absolute Gasteiger partial charge is 0.0816 e. The molecular weight excluding hydrogens is 198 g/mol. The van der Waals surface area contributed by atoms with Crippen molar-refractivity contribution in [2.75, 3.05) is 13.1 Å². The van der Waals surface area contributed by atoms with E-state index in [2.05, 4.69) is 33.0 Å². The Balaban J connectivity index is 2.06. The Kier molecular flexibility index (Phi) is 3.33. The summed E-state index contributed by atoms with van der Waals surface area (Å²) >= 11 is 0. The third-order valence-corrected chi connectivity index (χ3v) is 4.28. The first kappa shape index (κ1) is 12.4. The first-order valence-electron chi connectivity index (χ1n) is 6.83. The monoisotopic (exact) mass is 225 g/mol. The minimum absolute atomic E-state index is 0.0110. The summed E-state index contributed by atoms with van der Waals surface area (Å²) in [4.78, 5) is 0. The van der Waals surface area contributed by atoms with Crippen molar-refractivity contribution < 1.29 is 4.74 Å². The van der Waals surface area contributed by atoms with Gasteiger partial charge in [0.25, 0.3) is 0 Å². The van der Waals surface area contributed by atoms with Crippen molar-refractivity contribution >= 4 is 0 Å². The molecule has 0 aromatic heterocycles. The van der Waals surface area contributed by atoms with E-state index >= 15 is 0 Å². The van der Waals surface area contributed by atoms with Crippen LogP contribution >= 0.6 is 0 Å². The van der Waals surface area contributed by atoms with Crippen LogP contribution in [-0.4, -0.2) is 24.3 Å².